The number of carbonyl (C=O) groups excluding carboxylic acids is 2. The molecule has 0 aromatic heterocycles. The van der Waals surface area contributed by atoms with Crippen molar-refractivity contribution in [1.82, 2.24) is 0 Å². The number of hydrogen-bond donors (Lipinski definition) is 1. The summed E-state index contributed by atoms with van der Waals surface area (Å²) in [5.74, 6) is -2.97. The van der Waals surface area contributed by atoms with Gasteiger partial charge in [0.25, 0.3) is 5.91 Å². The molecule has 0 aliphatic rings. The molecule has 0 fully saturated rings. The summed E-state index contributed by atoms with van der Waals surface area (Å²) in [6.45, 7) is 2.91. The minimum Gasteiger partial charge on any atom is -0.449 e. The second kappa shape index (κ2) is 7.40. The van der Waals surface area contributed by atoms with Crippen molar-refractivity contribution >= 4 is 29.2 Å². The van der Waals surface area contributed by atoms with Crippen LogP contribution in [-0.4, -0.2) is 18.0 Å². The van der Waals surface area contributed by atoms with Crippen LogP contribution in [0.15, 0.2) is 36.4 Å². The van der Waals surface area contributed by atoms with Crippen molar-refractivity contribution < 1.29 is 23.1 Å². The van der Waals surface area contributed by atoms with Gasteiger partial charge in [0.1, 0.15) is 11.6 Å². The van der Waals surface area contributed by atoms with Gasteiger partial charge in [0.2, 0.25) is 0 Å². The number of nitrogens with one attached hydrogen (secondary N) is 1. The maximum absolute atomic E-state index is 13.6. The van der Waals surface area contributed by atoms with Crippen LogP contribution in [-0.2, 0) is 9.53 Å². The van der Waals surface area contributed by atoms with Crippen molar-refractivity contribution in [1.29, 1.82) is 0 Å². The first kappa shape index (κ1) is 17.9. The number of carbonyl (C=O) groups is 2. The summed E-state index contributed by atoms with van der Waals surface area (Å²) >= 11 is 5.71. The molecule has 0 saturated carbocycles. The van der Waals surface area contributed by atoms with Crippen molar-refractivity contribution in [3.63, 3.8) is 0 Å². The van der Waals surface area contributed by atoms with Gasteiger partial charge in [-0.25, -0.2) is 13.6 Å². The van der Waals surface area contributed by atoms with E-state index in [1.165, 1.54) is 25.1 Å². The van der Waals surface area contributed by atoms with Gasteiger partial charge in [0.15, 0.2) is 6.10 Å². The maximum Gasteiger partial charge on any atom is 0.341 e. The van der Waals surface area contributed by atoms with Crippen LogP contribution in [0.3, 0.4) is 0 Å². The van der Waals surface area contributed by atoms with Crippen molar-refractivity contribution in [3.8, 4) is 0 Å². The quantitative estimate of drug-likeness (QED) is 0.841. The second-order valence-electron chi connectivity index (χ2n) is 5.12. The fraction of sp³-hybridized carbons (Fsp3) is 0.176. The molecule has 0 aliphatic heterocycles. The molecule has 4 nitrogen and oxygen atoms in total. The average Bonchev–Trinajstić information content (AvgIpc) is 2.53. The minimum atomic E-state index is -1.21. The standard InChI is InChI=1S/C17H14ClF2NO3/c1-9-3-5-12(8-15(9)20)21-16(22)10(2)24-17(23)13-7-11(18)4-6-14(13)19/h3-8,10H,1-2H3,(H,21,22)/t10-/m0/s1. The molecule has 0 unspecified atom stereocenters. The van der Waals surface area contributed by atoms with Crippen molar-refractivity contribution in [2.45, 2.75) is 20.0 Å². The average molecular weight is 354 g/mol. The third-order valence-electron chi connectivity index (χ3n) is 3.24. The highest BCUT2D eigenvalue weighted by molar-refractivity contribution is 6.30. The lowest BCUT2D eigenvalue weighted by Gasteiger charge is -2.14. The van der Waals surface area contributed by atoms with E-state index in [4.69, 9.17) is 16.3 Å². The zero-order valence-corrected chi connectivity index (χ0v) is 13.7. The Labute approximate surface area is 142 Å². The third-order valence-corrected chi connectivity index (χ3v) is 3.48. The Kier molecular flexibility index (Phi) is 5.51. The van der Waals surface area contributed by atoms with E-state index in [0.717, 1.165) is 18.2 Å². The van der Waals surface area contributed by atoms with E-state index in [9.17, 15) is 18.4 Å². The summed E-state index contributed by atoms with van der Waals surface area (Å²) in [6, 6.07) is 7.59. The van der Waals surface area contributed by atoms with Crippen molar-refractivity contribution in [2.75, 3.05) is 5.32 Å². The van der Waals surface area contributed by atoms with Crippen molar-refractivity contribution in [3.05, 3.63) is 64.2 Å². The Bertz CT molecular complexity index is 795. The van der Waals surface area contributed by atoms with Crippen LogP contribution in [0, 0.1) is 18.6 Å². The fourth-order valence-electron chi connectivity index (χ4n) is 1.85. The van der Waals surface area contributed by atoms with Crippen LogP contribution in [0.25, 0.3) is 0 Å². The molecule has 2 aromatic rings. The van der Waals surface area contributed by atoms with Gasteiger partial charge in [-0.05, 0) is 49.7 Å². The number of rotatable bonds is 4. The number of amides is 1. The Morgan fingerprint density at radius 1 is 1.12 bits per heavy atom. The van der Waals surface area contributed by atoms with Gasteiger partial charge in [-0.1, -0.05) is 17.7 Å². The lowest BCUT2D eigenvalue weighted by Crippen LogP contribution is -2.30. The molecule has 1 atom stereocenters. The summed E-state index contributed by atoms with van der Waals surface area (Å²) in [6.07, 6.45) is -1.21. The molecule has 0 heterocycles. The summed E-state index contributed by atoms with van der Waals surface area (Å²) < 4.78 is 32.0. The van der Waals surface area contributed by atoms with Crippen LogP contribution in [0.1, 0.15) is 22.8 Å². The van der Waals surface area contributed by atoms with E-state index in [-0.39, 0.29) is 16.3 Å². The number of hydrogen-bond acceptors (Lipinski definition) is 3. The molecule has 1 amide bonds. The van der Waals surface area contributed by atoms with E-state index in [1.807, 2.05) is 0 Å². The van der Waals surface area contributed by atoms with Gasteiger partial charge < -0.3 is 10.1 Å². The van der Waals surface area contributed by atoms with E-state index in [2.05, 4.69) is 5.32 Å². The van der Waals surface area contributed by atoms with E-state index >= 15 is 0 Å². The normalized spacial score (nSPS) is 11.7. The first-order valence-corrected chi connectivity index (χ1v) is 7.39. The van der Waals surface area contributed by atoms with Gasteiger partial charge in [-0.3, -0.25) is 4.79 Å². The lowest BCUT2D eigenvalue weighted by atomic mass is 10.2. The molecule has 24 heavy (non-hydrogen) atoms. The van der Waals surface area contributed by atoms with E-state index < -0.39 is 29.6 Å². The predicted octanol–water partition coefficient (Wildman–Crippen LogP) is 4.11. The molecule has 0 aliphatic carbocycles. The Morgan fingerprint density at radius 3 is 2.50 bits per heavy atom. The Morgan fingerprint density at radius 2 is 1.83 bits per heavy atom. The molecular weight excluding hydrogens is 340 g/mol. The smallest absolute Gasteiger partial charge is 0.341 e. The minimum absolute atomic E-state index is 0.163. The highest BCUT2D eigenvalue weighted by Crippen LogP contribution is 2.17. The Balaban J connectivity index is 2.04. The molecule has 0 saturated heterocycles. The highest BCUT2D eigenvalue weighted by Gasteiger charge is 2.21. The SMILES string of the molecule is Cc1ccc(NC(=O)[C@H](C)OC(=O)c2cc(Cl)ccc2F)cc1F. The third kappa shape index (κ3) is 4.29. The number of anilines is 1. The predicted molar refractivity (Wildman–Crippen MR) is 86.1 cm³/mol. The first-order chi connectivity index (χ1) is 11.3. The molecule has 126 valence electrons. The second-order valence-corrected chi connectivity index (χ2v) is 5.56. The molecule has 2 rings (SSSR count). The van der Waals surface area contributed by atoms with Crippen LogP contribution in [0.2, 0.25) is 5.02 Å². The number of aryl methyl sites for hydroxylation is 1. The van der Waals surface area contributed by atoms with Crippen LogP contribution >= 0.6 is 11.6 Å². The summed E-state index contributed by atoms with van der Waals surface area (Å²) in [5.41, 5.74) is 0.285. The Hall–Kier alpha value is -2.47. The molecule has 0 spiro atoms. The fourth-order valence-corrected chi connectivity index (χ4v) is 2.02. The van der Waals surface area contributed by atoms with Crippen LogP contribution < -0.4 is 5.32 Å². The van der Waals surface area contributed by atoms with Crippen molar-refractivity contribution in [2.24, 2.45) is 0 Å². The van der Waals surface area contributed by atoms with Gasteiger partial charge in [0.05, 0.1) is 5.56 Å². The first-order valence-electron chi connectivity index (χ1n) is 7.01. The summed E-state index contributed by atoms with van der Waals surface area (Å²) in [7, 11) is 0. The van der Waals surface area contributed by atoms with E-state index in [1.54, 1.807) is 6.92 Å². The number of ether oxygens (including phenoxy) is 1. The number of benzene rings is 2. The van der Waals surface area contributed by atoms with Gasteiger partial charge in [0, 0.05) is 10.7 Å². The number of halogens is 3. The zero-order chi connectivity index (χ0) is 17.9. The van der Waals surface area contributed by atoms with Gasteiger partial charge in [-0.15, -0.1) is 0 Å². The highest BCUT2D eigenvalue weighted by atomic mass is 35.5. The van der Waals surface area contributed by atoms with E-state index in [0.29, 0.717) is 5.56 Å². The largest absolute Gasteiger partial charge is 0.449 e. The topological polar surface area (TPSA) is 55.4 Å². The molecule has 7 heteroatoms. The maximum atomic E-state index is 13.6. The summed E-state index contributed by atoms with van der Waals surface area (Å²) in [4.78, 5) is 23.9. The number of esters is 1. The van der Waals surface area contributed by atoms with Gasteiger partial charge >= 0.3 is 5.97 Å². The molecule has 0 bridgehead atoms. The molecular formula is C17H14ClF2NO3. The molecule has 2 aromatic carbocycles. The monoisotopic (exact) mass is 353 g/mol. The molecule has 0 radical (unpaired) electrons. The van der Waals surface area contributed by atoms with Crippen LogP contribution in [0.4, 0.5) is 14.5 Å². The zero-order valence-electron chi connectivity index (χ0n) is 12.9. The lowest BCUT2D eigenvalue weighted by molar-refractivity contribution is -0.123. The molecule has 1 N–H and O–H groups in total. The van der Waals surface area contributed by atoms with Crippen LogP contribution in [0.5, 0.6) is 0 Å². The summed E-state index contributed by atoms with van der Waals surface area (Å²) in [5, 5.41) is 2.58. The van der Waals surface area contributed by atoms with Gasteiger partial charge in [-0.2, -0.15) is 0 Å².